The molecule has 2 aliphatic rings. The Labute approximate surface area is 145 Å². The van der Waals surface area contributed by atoms with Crippen LogP contribution < -0.4 is 28.3 Å². The number of hydrogen-bond donors (Lipinski definition) is 3. The van der Waals surface area contributed by atoms with Crippen LogP contribution >= 0.6 is 20.4 Å². The van der Waals surface area contributed by atoms with Crippen LogP contribution in [0, 0.1) is 0 Å². The summed E-state index contributed by atoms with van der Waals surface area (Å²) in [6.07, 6.45) is -14.9. The molecule has 0 aromatic carbocycles. The van der Waals surface area contributed by atoms with Gasteiger partial charge in [0.15, 0.2) is 0 Å². The van der Waals surface area contributed by atoms with Crippen molar-refractivity contribution in [3.63, 3.8) is 0 Å². The van der Waals surface area contributed by atoms with Crippen molar-refractivity contribution in [2.45, 2.75) is 45.0 Å². The molecule has 0 saturated carbocycles. The SMILES string of the molecule is C[I-]C(C)(C(=O)OC(C)C(O)(C(F)(F)F)C(F)(F)F)C12NI1N2. The van der Waals surface area contributed by atoms with Crippen molar-refractivity contribution in [3.8, 4) is 0 Å². The summed E-state index contributed by atoms with van der Waals surface area (Å²) in [5, 5.41) is 9.23. The Kier molecular flexibility index (Phi) is 4.66. The van der Waals surface area contributed by atoms with E-state index in [9.17, 15) is 36.2 Å². The average Bonchev–Trinajstić information content (AvgIpc) is 3.22. The van der Waals surface area contributed by atoms with Crippen molar-refractivity contribution in [2.75, 3.05) is 4.93 Å². The van der Waals surface area contributed by atoms with Crippen LogP contribution in [0.5, 0.6) is 0 Å². The second-order valence-corrected chi connectivity index (χ2v) is 12.7. The molecule has 2 atom stereocenters. The Morgan fingerprint density at radius 1 is 1.22 bits per heavy atom. The zero-order chi connectivity index (χ0) is 18.1. The van der Waals surface area contributed by atoms with Crippen LogP contribution in [0.25, 0.3) is 0 Å². The fraction of sp³-hybridized carbons (Fsp3) is 0.900. The second-order valence-electron chi connectivity index (χ2n) is 5.13. The van der Waals surface area contributed by atoms with E-state index in [-0.39, 0.29) is 0 Å². The van der Waals surface area contributed by atoms with E-state index in [4.69, 9.17) is 0 Å². The normalized spacial score (nSPS) is 25.4. The van der Waals surface area contributed by atoms with E-state index in [2.05, 4.69) is 11.8 Å². The van der Waals surface area contributed by atoms with Gasteiger partial charge in [-0.2, -0.15) is 0 Å². The molecular formula is C10H13F6I2N2O3-. The monoisotopic (exact) mass is 577 g/mol. The third-order valence-electron chi connectivity index (χ3n) is 3.81. The molecule has 0 amide bonds. The first kappa shape index (κ1) is 19.7. The molecule has 2 heterocycles. The minimum absolute atomic E-state index is 0.391. The number of hydrogen-bond acceptors (Lipinski definition) is 5. The van der Waals surface area contributed by atoms with E-state index in [1.54, 1.807) is 4.93 Å². The van der Waals surface area contributed by atoms with Gasteiger partial charge in [0.05, 0.1) is 0 Å². The Morgan fingerprint density at radius 2 is 1.61 bits per heavy atom. The minimum atomic E-state index is -6.03. The topological polar surface area (TPSA) is 90.4 Å². The van der Waals surface area contributed by atoms with E-state index in [1.807, 2.05) is 0 Å². The molecule has 0 spiro atoms. The number of ether oxygens (including phenoxy) is 1. The van der Waals surface area contributed by atoms with Crippen LogP contribution in [0.3, 0.4) is 0 Å². The van der Waals surface area contributed by atoms with Crippen molar-refractivity contribution in [3.05, 3.63) is 0 Å². The molecule has 2 fully saturated rings. The number of aliphatic hydroxyl groups is 1. The molecule has 13 heteroatoms. The Morgan fingerprint density at radius 3 is 1.87 bits per heavy atom. The maximum absolute atomic E-state index is 12.8. The predicted molar refractivity (Wildman–Crippen MR) is 70.0 cm³/mol. The fourth-order valence-electron chi connectivity index (χ4n) is 1.91. The molecule has 0 aromatic heterocycles. The predicted octanol–water partition coefficient (Wildman–Crippen LogP) is -1.55. The number of halogens is 8. The molecule has 2 aliphatic heterocycles. The van der Waals surface area contributed by atoms with Gasteiger partial charge in [-0.1, -0.05) is 0 Å². The standard InChI is InChI=1S/C10H13F6I2N2O3/c1-4(7(22,8(11,12)13)9(14,15)16)23-5(21)6(2,17-3)10-18(19-10)20-10/h4,19-20,22H,1-3H3/q-1. The third-order valence-corrected chi connectivity index (χ3v) is 13.1. The molecule has 3 N–H and O–H groups in total. The van der Waals surface area contributed by atoms with Crippen LogP contribution in [0.1, 0.15) is 13.8 Å². The van der Waals surface area contributed by atoms with Gasteiger partial charge in [0.2, 0.25) is 0 Å². The van der Waals surface area contributed by atoms with Crippen LogP contribution in [0.2, 0.25) is 0 Å². The first-order valence-corrected chi connectivity index (χ1v) is 12.5. The van der Waals surface area contributed by atoms with Gasteiger partial charge in [0, 0.05) is 0 Å². The summed E-state index contributed by atoms with van der Waals surface area (Å²) in [5.74, 6) is -1.16. The molecule has 2 rings (SSSR count). The van der Waals surface area contributed by atoms with Gasteiger partial charge >= 0.3 is 146 Å². The molecule has 0 aromatic rings. The van der Waals surface area contributed by atoms with E-state index >= 15 is 0 Å². The van der Waals surface area contributed by atoms with E-state index in [0.29, 0.717) is 6.92 Å². The molecule has 2 saturated heterocycles. The summed E-state index contributed by atoms with van der Waals surface area (Å²) in [5.41, 5.74) is -5.12. The second kappa shape index (κ2) is 5.44. The summed E-state index contributed by atoms with van der Waals surface area (Å²) in [7, 11) is 0. The fourth-order valence-corrected chi connectivity index (χ4v) is 12.2. The van der Waals surface area contributed by atoms with Gasteiger partial charge in [0.25, 0.3) is 0 Å². The number of nitrogens with one attached hydrogen (secondary N) is 2. The van der Waals surface area contributed by atoms with E-state index in [0.717, 1.165) is 0 Å². The molecule has 0 bridgehead atoms. The number of carbonyl (C=O) groups excluding carboxylic acids is 1. The summed E-state index contributed by atoms with van der Waals surface area (Å²) in [6.45, 7) is 1.85. The number of carbonyl (C=O) groups is 1. The molecule has 2 unspecified atom stereocenters. The van der Waals surface area contributed by atoms with Gasteiger partial charge in [-0.25, -0.2) is 0 Å². The van der Waals surface area contributed by atoms with Crippen molar-refractivity contribution in [1.29, 1.82) is 0 Å². The van der Waals surface area contributed by atoms with E-state index in [1.165, 1.54) is 6.92 Å². The van der Waals surface area contributed by atoms with Crippen LogP contribution in [0.15, 0.2) is 0 Å². The van der Waals surface area contributed by atoms with Crippen molar-refractivity contribution in [2.24, 2.45) is 0 Å². The van der Waals surface area contributed by atoms with Gasteiger partial charge in [-0.05, 0) is 0 Å². The zero-order valence-corrected chi connectivity index (χ0v) is 16.2. The van der Waals surface area contributed by atoms with Crippen molar-refractivity contribution in [1.82, 2.24) is 7.06 Å². The van der Waals surface area contributed by atoms with Crippen molar-refractivity contribution >= 4 is 26.3 Å². The summed E-state index contributed by atoms with van der Waals surface area (Å²) in [6, 6.07) is 0. The van der Waals surface area contributed by atoms with Gasteiger partial charge in [0.1, 0.15) is 0 Å². The van der Waals surface area contributed by atoms with Gasteiger partial charge < -0.3 is 0 Å². The molecule has 138 valence electrons. The van der Waals surface area contributed by atoms with E-state index < -0.39 is 78.7 Å². The third kappa shape index (κ3) is 2.73. The Bertz CT molecular complexity index is 508. The molecule has 5 nitrogen and oxygen atoms in total. The maximum atomic E-state index is 12.8. The van der Waals surface area contributed by atoms with Gasteiger partial charge in [-0.15, -0.1) is 0 Å². The summed E-state index contributed by atoms with van der Waals surface area (Å²) < 4.78 is 85.2. The Hall–Kier alpha value is 0.390. The van der Waals surface area contributed by atoms with Crippen molar-refractivity contribution < 1.29 is 62.2 Å². The first-order valence-electron chi connectivity index (χ1n) is 6.00. The number of rotatable bonds is 5. The average molecular weight is 577 g/mol. The number of esters is 1. The Balaban J connectivity index is 2.22. The van der Waals surface area contributed by atoms with Crippen LogP contribution in [-0.4, -0.2) is 47.2 Å². The number of fused-ring (bicyclic) bond motifs is 1. The van der Waals surface area contributed by atoms with Gasteiger partial charge in [-0.3, -0.25) is 0 Å². The molecule has 0 radical (unpaired) electrons. The number of alkyl halides is 9. The van der Waals surface area contributed by atoms with Crippen LogP contribution in [-0.2, 0) is 9.53 Å². The molecule has 23 heavy (non-hydrogen) atoms. The first-order chi connectivity index (χ1) is 10.2. The summed E-state index contributed by atoms with van der Waals surface area (Å²) >= 11 is -2.56. The quantitative estimate of drug-likeness (QED) is 0.0701. The molecular weight excluding hydrogens is 564 g/mol. The summed E-state index contributed by atoms with van der Waals surface area (Å²) in [4.78, 5) is 13.9. The molecule has 0 aliphatic carbocycles. The zero-order valence-electron chi connectivity index (χ0n) is 11.9. The van der Waals surface area contributed by atoms with Crippen LogP contribution in [0.4, 0.5) is 26.3 Å².